The average molecular weight is 315 g/mol. The van der Waals surface area contributed by atoms with Crippen LogP contribution in [0.2, 0.25) is 0 Å². The van der Waals surface area contributed by atoms with Gasteiger partial charge in [0, 0.05) is 19.0 Å². The number of rotatable bonds is 5. The van der Waals surface area contributed by atoms with Gasteiger partial charge in [-0.2, -0.15) is 0 Å². The van der Waals surface area contributed by atoms with Gasteiger partial charge < -0.3 is 8.98 Å². The Morgan fingerprint density at radius 2 is 2.00 bits per heavy atom. The summed E-state index contributed by atoms with van der Waals surface area (Å²) in [6, 6.07) is 8.28. The summed E-state index contributed by atoms with van der Waals surface area (Å²) in [5.74, 6) is 2.65. The molecule has 7 heteroatoms. The number of aromatic nitrogens is 5. The van der Waals surface area contributed by atoms with Crippen LogP contribution in [0.5, 0.6) is 0 Å². The Labute approximate surface area is 133 Å². The van der Waals surface area contributed by atoms with E-state index in [1.807, 2.05) is 6.07 Å². The quantitative estimate of drug-likeness (QED) is 0.673. The third-order valence-corrected chi connectivity index (χ3v) is 4.15. The van der Waals surface area contributed by atoms with Gasteiger partial charge >= 0.3 is 0 Å². The summed E-state index contributed by atoms with van der Waals surface area (Å²) in [7, 11) is 0. The standard InChI is InChI=1S/C15H17N5OS/c1-4-20-14(12-7-5-6-10(2)8-12)18-19-15(20)22-9-13-17-16-11(3)21-13/h5-8H,4,9H2,1-3H3. The maximum Gasteiger partial charge on any atom is 0.226 e. The molecule has 0 aliphatic heterocycles. The molecule has 0 unspecified atom stereocenters. The van der Waals surface area contributed by atoms with Gasteiger partial charge in [-0.1, -0.05) is 35.5 Å². The fraction of sp³-hybridized carbons (Fsp3) is 0.333. The third kappa shape index (κ3) is 3.04. The SMILES string of the molecule is CCn1c(SCc2nnc(C)o2)nnc1-c1cccc(C)c1. The summed E-state index contributed by atoms with van der Waals surface area (Å²) < 4.78 is 7.49. The predicted octanol–water partition coefficient (Wildman–Crippen LogP) is 3.26. The summed E-state index contributed by atoms with van der Waals surface area (Å²) in [5.41, 5.74) is 2.29. The molecule has 0 fully saturated rings. The van der Waals surface area contributed by atoms with Crippen LogP contribution in [0.25, 0.3) is 11.4 Å². The van der Waals surface area contributed by atoms with E-state index >= 15 is 0 Å². The Morgan fingerprint density at radius 3 is 2.68 bits per heavy atom. The topological polar surface area (TPSA) is 69.6 Å². The van der Waals surface area contributed by atoms with Crippen LogP contribution >= 0.6 is 11.8 Å². The fourth-order valence-electron chi connectivity index (χ4n) is 2.20. The van der Waals surface area contributed by atoms with Crippen molar-refractivity contribution >= 4 is 11.8 Å². The zero-order valence-electron chi connectivity index (χ0n) is 12.8. The van der Waals surface area contributed by atoms with Crippen molar-refractivity contribution in [1.29, 1.82) is 0 Å². The van der Waals surface area contributed by atoms with E-state index in [0.717, 1.165) is 23.1 Å². The van der Waals surface area contributed by atoms with Gasteiger partial charge in [0.1, 0.15) is 0 Å². The highest BCUT2D eigenvalue weighted by atomic mass is 32.2. The van der Waals surface area contributed by atoms with Crippen molar-refractivity contribution in [2.24, 2.45) is 0 Å². The molecule has 3 rings (SSSR count). The lowest BCUT2D eigenvalue weighted by atomic mass is 10.1. The maximum atomic E-state index is 5.39. The van der Waals surface area contributed by atoms with Gasteiger partial charge in [0.25, 0.3) is 0 Å². The van der Waals surface area contributed by atoms with Gasteiger partial charge in [-0.15, -0.1) is 20.4 Å². The number of thioether (sulfide) groups is 1. The molecular formula is C15H17N5OS. The van der Waals surface area contributed by atoms with Crippen molar-refractivity contribution in [2.45, 2.75) is 38.2 Å². The third-order valence-electron chi connectivity index (χ3n) is 3.20. The van der Waals surface area contributed by atoms with Crippen LogP contribution in [0.15, 0.2) is 33.8 Å². The van der Waals surface area contributed by atoms with Gasteiger partial charge in [-0.3, -0.25) is 0 Å². The molecule has 2 aromatic heterocycles. The van der Waals surface area contributed by atoms with Crippen LogP contribution in [-0.2, 0) is 12.3 Å². The van der Waals surface area contributed by atoms with E-state index in [1.54, 1.807) is 18.7 Å². The van der Waals surface area contributed by atoms with Crippen LogP contribution in [0.4, 0.5) is 0 Å². The van der Waals surface area contributed by atoms with Crippen LogP contribution in [0.3, 0.4) is 0 Å². The number of hydrogen-bond donors (Lipinski definition) is 0. The molecule has 0 bridgehead atoms. The van der Waals surface area contributed by atoms with Crippen molar-refractivity contribution in [3.8, 4) is 11.4 Å². The summed E-state index contributed by atoms with van der Waals surface area (Å²) in [6.07, 6.45) is 0. The Kier molecular flexibility index (Phi) is 4.24. The highest BCUT2D eigenvalue weighted by Gasteiger charge is 2.14. The number of aryl methyl sites for hydroxylation is 2. The smallest absolute Gasteiger partial charge is 0.226 e. The number of benzene rings is 1. The van der Waals surface area contributed by atoms with Crippen LogP contribution in [0, 0.1) is 13.8 Å². The minimum atomic E-state index is 0.577. The lowest BCUT2D eigenvalue weighted by Crippen LogP contribution is -2.00. The first-order chi connectivity index (χ1) is 10.7. The van der Waals surface area contributed by atoms with Crippen molar-refractivity contribution in [3.63, 3.8) is 0 Å². The Morgan fingerprint density at radius 1 is 1.14 bits per heavy atom. The minimum Gasteiger partial charge on any atom is -0.425 e. The molecule has 0 saturated carbocycles. The lowest BCUT2D eigenvalue weighted by Gasteiger charge is -2.07. The first-order valence-corrected chi connectivity index (χ1v) is 8.08. The first-order valence-electron chi connectivity index (χ1n) is 7.09. The molecule has 2 heterocycles. The fourth-order valence-corrected chi connectivity index (χ4v) is 3.04. The minimum absolute atomic E-state index is 0.577. The van der Waals surface area contributed by atoms with Crippen molar-refractivity contribution in [2.75, 3.05) is 0 Å². The zero-order valence-corrected chi connectivity index (χ0v) is 13.6. The molecule has 0 N–H and O–H groups in total. The summed E-state index contributed by atoms with van der Waals surface area (Å²) in [5, 5.41) is 17.3. The summed E-state index contributed by atoms with van der Waals surface area (Å²) in [6.45, 7) is 6.75. The average Bonchev–Trinajstić information content (AvgIpc) is 3.10. The van der Waals surface area contributed by atoms with Gasteiger partial charge in [0.15, 0.2) is 11.0 Å². The molecule has 0 amide bonds. The van der Waals surface area contributed by atoms with E-state index in [2.05, 4.69) is 57.0 Å². The van der Waals surface area contributed by atoms with Crippen molar-refractivity contribution in [3.05, 3.63) is 41.6 Å². The Hall–Kier alpha value is -2.15. The molecule has 6 nitrogen and oxygen atoms in total. The largest absolute Gasteiger partial charge is 0.425 e. The van der Waals surface area contributed by atoms with E-state index in [9.17, 15) is 0 Å². The molecular weight excluding hydrogens is 298 g/mol. The van der Waals surface area contributed by atoms with Gasteiger partial charge in [0.05, 0.1) is 5.75 Å². The van der Waals surface area contributed by atoms with Crippen LogP contribution < -0.4 is 0 Å². The van der Waals surface area contributed by atoms with E-state index in [0.29, 0.717) is 17.5 Å². The maximum absolute atomic E-state index is 5.39. The van der Waals surface area contributed by atoms with Crippen LogP contribution in [-0.4, -0.2) is 25.0 Å². The molecule has 22 heavy (non-hydrogen) atoms. The second kappa shape index (κ2) is 6.31. The van der Waals surface area contributed by atoms with Crippen LogP contribution in [0.1, 0.15) is 24.3 Å². The second-order valence-corrected chi connectivity index (χ2v) is 5.87. The lowest BCUT2D eigenvalue weighted by molar-refractivity contribution is 0.485. The summed E-state index contributed by atoms with van der Waals surface area (Å²) >= 11 is 1.55. The molecule has 0 atom stereocenters. The highest BCUT2D eigenvalue weighted by Crippen LogP contribution is 2.26. The normalized spacial score (nSPS) is 11.0. The number of hydrogen-bond acceptors (Lipinski definition) is 6. The molecule has 0 aliphatic carbocycles. The molecule has 3 aromatic rings. The molecule has 0 spiro atoms. The first kappa shape index (κ1) is 14.8. The van der Waals surface area contributed by atoms with E-state index in [-0.39, 0.29) is 0 Å². The molecule has 1 aromatic carbocycles. The molecule has 0 saturated heterocycles. The molecule has 114 valence electrons. The van der Waals surface area contributed by atoms with Gasteiger partial charge in [-0.05, 0) is 19.9 Å². The highest BCUT2D eigenvalue weighted by molar-refractivity contribution is 7.98. The van der Waals surface area contributed by atoms with Crippen molar-refractivity contribution in [1.82, 2.24) is 25.0 Å². The molecule has 0 radical (unpaired) electrons. The van der Waals surface area contributed by atoms with Gasteiger partial charge in [0.2, 0.25) is 11.8 Å². The Balaban J connectivity index is 1.84. The van der Waals surface area contributed by atoms with E-state index < -0.39 is 0 Å². The Bertz CT molecular complexity index is 780. The predicted molar refractivity (Wildman–Crippen MR) is 84.5 cm³/mol. The van der Waals surface area contributed by atoms with Crippen molar-refractivity contribution < 1.29 is 4.42 Å². The van der Waals surface area contributed by atoms with Gasteiger partial charge in [-0.25, -0.2) is 0 Å². The number of nitrogens with zero attached hydrogens (tertiary/aromatic N) is 5. The second-order valence-electron chi connectivity index (χ2n) is 4.92. The van der Waals surface area contributed by atoms with E-state index in [4.69, 9.17) is 4.42 Å². The van der Waals surface area contributed by atoms with E-state index in [1.165, 1.54) is 5.56 Å². The zero-order chi connectivity index (χ0) is 15.5. The summed E-state index contributed by atoms with van der Waals surface area (Å²) in [4.78, 5) is 0. The molecule has 0 aliphatic rings. The monoisotopic (exact) mass is 315 g/mol.